The van der Waals surface area contributed by atoms with E-state index in [0.29, 0.717) is 5.56 Å². The van der Waals surface area contributed by atoms with Gasteiger partial charge in [0.15, 0.2) is 0 Å². The van der Waals surface area contributed by atoms with Crippen molar-refractivity contribution in [1.29, 1.82) is 5.26 Å². The first kappa shape index (κ1) is 11.6. The van der Waals surface area contributed by atoms with Crippen LogP contribution in [0.25, 0.3) is 0 Å². The maximum atomic E-state index is 8.98. The highest BCUT2D eigenvalue weighted by Gasteiger charge is 2.09. The Balaban J connectivity index is 1.95. The minimum atomic E-state index is 0.653. The summed E-state index contributed by atoms with van der Waals surface area (Å²) in [5.41, 5.74) is 2.61. The van der Waals surface area contributed by atoms with Gasteiger partial charge in [-0.15, -0.1) is 0 Å². The van der Waals surface area contributed by atoms with Crippen LogP contribution < -0.4 is 5.32 Å². The first-order chi connectivity index (χ1) is 8.22. The molecule has 1 N–H and O–H groups in total. The molecule has 2 aromatic heterocycles. The Morgan fingerprint density at radius 3 is 3.06 bits per heavy atom. The predicted molar refractivity (Wildman–Crippen MR) is 67.0 cm³/mol. The third-order valence-corrected chi connectivity index (χ3v) is 3.46. The number of aromatic nitrogens is 3. The number of nitrogens with zero attached hydrogens (tertiary/aromatic N) is 4. The lowest BCUT2D eigenvalue weighted by Gasteiger charge is -2.04. The Labute approximate surface area is 104 Å². The molecule has 88 valence electrons. The van der Waals surface area contributed by atoms with Gasteiger partial charge >= 0.3 is 0 Å². The van der Waals surface area contributed by atoms with Gasteiger partial charge in [-0.25, -0.2) is 0 Å². The molecule has 17 heavy (non-hydrogen) atoms. The lowest BCUT2D eigenvalue weighted by molar-refractivity contribution is 0.711. The van der Waals surface area contributed by atoms with Crippen molar-refractivity contribution < 1.29 is 0 Å². The molecular formula is C11H13N5S. The van der Waals surface area contributed by atoms with E-state index in [1.165, 1.54) is 11.5 Å². The number of nitrogens with one attached hydrogen (secondary N) is 1. The Hall–Kier alpha value is -1.87. The highest BCUT2D eigenvalue weighted by atomic mass is 32.1. The van der Waals surface area contributed by atoms with E-state index in [-0.39, 0.29) is 0 Å². The average molecular weight is 247 g/mol. The van der Waals surface area contributed by atoms with Crippen LogP contribution in [0.4, 0.5) is 5.00 Å². The molecule has 0 aliphatic carbocycles. The van der Waals surface area contributed by atoms with Crippen LogP contribution in [-0.2, 0) is 13.5 Å². The summed E-state index contributed by atoms with van der Waals surface area (Å²) in [4.78, 5) is 0. The van der Waals surface area contributed by atoms with Crippen molar-refractivity contribution in [2.45, 2.75) is 13.3 Å². The van der Waals surface area contributed by atoms with E-state index in [4.69, 9.17) is 5.26 Å². The van der Waals surface area contributed by atoms with Crippen LogP contribution in [0, 0.1) is 18.3 Å². The second-order valence-electron chi connectivity index (χ2n) is 3.71. The molecule has 0 spiro atoms. The third-order valence-electron chi connectivity index (χ3n) is 2.56. The van der Waals surface area contributed by atoms with Crippen LogP contribution in [0.1, 0.15) is 17.0 Å². The van der Waals surface area contributed by atoms with Crippen LogP contribution in [0.15, 0.2) is 12.3 Å². The van der Waals surface area contributed by atoms with Gasteiger partial charge < -0.3 is 5.32 Å². The Morgan fingerprint density at radius 1 is 1.59 bits per heavy atom. The van der Waals surface area contributed by atoms with Crippen molar-refractivity contribution in [3.8, 4) is 6.07 Å². The number of rotatable bonds is 4. The van der Waals surface area contributed by atoms with Crippen molar-refractivity contribution in [2.24, 2.45) is 7.05 Å². The van der Waals surface area contributed by atoms with Crippen molar-refractivity contribution in [3.63, 3.8) is 0 Å². The largest absolute Gasteiger partial charge is 0.374 e. The van der Waals surface area contributed by atoms with Gasteiger partial charge in [-0.1, -0.05) is 0 Å². The van der Waals surface area contributed by atoms with Crippen LogP contribution >= 0.6 is 11.5 Å². The van der Waals surface area contributed by atoms with Crippen molar-refractivity contribution in [2.75, 3.05) is 11.9 Å². The van der Waals surface area contributed by atoms with Gasteiger partial charge in [0.1, 0.15) is 16.6 Å². The molecule has 0 saturated carbocycles. The zero-order chi connectivity index (χ0) is 12.3. The molecule has 0 saturated heterocycles. The van der Waals surface area contributed by atoms with Crippen LogP contribution in [-0.4, -0.2) is 20.7 Å². The number of aryl methyl sites for hydroxylation is 2. The molecule has 0 aliphatic heterocycles. The molecule has 0 aromatic carbocycles. The quantitative estimate of drug-likeness (QED) is 0.893. The van der Waals surface area contributed by atoms with Crippen molar-refractivity contribution >= 4 is 16.5 Å². The van der Waals surface area contributed by atoms with E-state index in [0.717, 1.165) is 29.4 Å². The average Bonchev–Trinajstić information content (AvgIpc) is 2.86. The highest BCUT2D eigenvalue weighted by Crippen LogP contribution is 2.23. The van der Waals surface area contributed by atoms with E-state index in [9.17, 15) is 0 Å². The minimum absolute atomic E-state index is 0.653. The smallest absolute Gasteiger partial charge is 0.127 e. The zero-order valence-electron chi connectivity index (χ0n) is 9.77. The molecule has 0 atom stereocenters. The summed E-state index contributed by atoms with van der Waals surface area (Å²) in [6, 6.07) is 4.16. The minimum Gasteiger partial charge on any atom is -0.374 e. The molecule has 0 unspecified atom stereocenters. The molecule has 0 aliphatic rings. The van der Waals surface area contributed by atoms with Crippen molar-refractivity contribution in [1.82, 2.24) is 14.2 Å². The monoisotopic (exact) mass is 247 g/mol. The fraction of sp³-hybridized carbons (Fsp3) is 0.364. The highest BCUT2D eigenvalue weighted by molar-refractivity contribution is 7.10. The van der Waals surface area contributed by atoms with Gasteiger partial charge in [0.05, 0.1) is 5.69 Å². The number of hydrogen-bond acceptors (Lipinski definition) is 5. The molecule has 2 aromatic rings. The summed E-state index contributed by atoms with van der Waals surface area (Å²) >= 11 is 1.34. The van der Waals surface area contributed by atoms with Gasteiger partial charge in [-0.05, 0) is 24.5 Å². The zero-order valence-corrected chi connectivity index (χ0v) is 10.6. The second-order valence-corrected chi connectivity index (χ2v) is 4.48. The van der Waals surface area contributed by atoms with E-state index in [2.05, 4.69) is 20.9 Å². The molecule has 0 amide bonds. The summed E-state index contributed by atoms with van der Waals surface area (Å²) in [7, 11) is 1.92. The van der Waals surface area contributed by atoms with E-state index in [1.54, 1.807) is 6.20 Å². The first-order valence-corrected chi connectivity index (χ1v) is 6.07. The Bertz CT molecular complexity index is 548. The van der Waals surface area contributed by atoms with Crippen LogP contribution in [0.2, 0.25) is 0 Å². The fourth-order valence-corrected chi connectivity index (χ4v) is 2.34. The molecule has 5 nitrogen and oxygen atoms in total. The molecule has 0 bridgehead atoms. The van der Waals surface area contributed by atoms with E-state index < -0.39 is 0 Å². The Kier molecular flexibility index (Phi) is 3.40. The predicted octanol–water partition coefficient (Wildman–Crippen LogP) is 1.71. The summed E-state index contributed by atoms with van der Waals surface area (Å²) in [5, 5.41) is 17.2. The van der Waals surface area contributed by atoms with Crippen LogP contribution in [0.3, 0.4) is 0 Å². The molecule has 2 heterocycles. The van der Waals surface area contributed by atoms with Gasteiger partial charge in [0, 0.05) is 31.9 Å². The number of anilines is 1. The van der Waals surface area contributed by atoms with Gasteiger partial charge in [-0.3, -0.25) is 4.68 Å². The SMILES string of the molecule is Cc1nsc(NCCc2ccnn2C)c1C#N. The number of nitriles is 1. The van der Waals surface area contributed by atoms with Gasteiger partial charge in [-0.2, -0.15) is 14.7 Å². The standard InChI is InChI=1S/C11H13N5S/c1-8-10(7-12)11(17-15-8)13-5-3-9-4-6-14-16(9)2/h4,6,13H,3,5H2,1-2H3. The lowest BCUT2D eigenvalue weighted by atomic mass is 10.2. The molecular weight excluding hydrogens is 234 g/mol. The Morgan fingerprint density at radius 2 is 2.41 bits per heavy atom. The molecule has 2 rings (SSSR count). The number of hydrogen-bond donors (Lipinski definition) is 1. The van der Waals surface area contributed by atoms with E-state index in [1.807, 2.05) is 24.7 Å². The van der Waals surface area contributed by atoms with Crippen molar-refractivity contribution in [3.05, 3.63) is 29.2 Å². The summed E-state index contributed by atoms with van der Waals surface area (Å²) in [5.74, 6) is 0. The van der Waals surface area contributed by atoms with Crippen LogP contribution in [0.5, 0.6) is 0 Å². The molecule has 0 radical (unpaired) electrons. The molecule has 0 fully saturated rings. The normalized spacial score (nSPS) is 10.2. The third kappa shape index (κ3) is 2.45. The maximum Gasteiger partial charge on any atom is 0.127 e. The fourth-order valence-electron chi connectivity index (χ4n) is 1.57. The summed E-state index contributed by atoms with van der Waals surface area (Å²) < 4.78 is 6.01. The lowest BCUT2D eigenvalue weighted by Crippen LogP contribution is -2.08. The van der Waals surface area contributed by atoms with Gasteiger partial charge in [0.25, 0.3) is 0 Å². The topological polar surface area (TPSA) is 66.5 Å². The van der Waals surface area contributed by atoms with E-state index >= 15 is 0 Å². The van der Waals surface area contributed by atoms with Gasteiger partial charge in [0.2, 0.25) is 0 Å². The maximum absolute atomic E-state index is 8.98. The second kappa shape index (κ2) is 4.97. The summed E-state index contributed by atoms with van der Waals surface area (Å²) in [6.45, 7) is 2.62. The molecule has 6 heteroatoms. The summed E-state index contributed by atoms with van der Waals surface area (Å²) in [6.07, 6.45) is 2.66. The first-order valence-electron chi connectivity index (χ1n) is 5.29.